The topological polar surface area (TPSA) is 0 Å². The molecule has 0 bridgehead atoms. The van der Waals surface area contributed by atoms with E-state index < -0.39 is 5.51 Å². The summed E-state index contributed by atoms with van der Waals surface area (Å²) in [5, 5.41) is 0. The Morgan fingerprint density at radius 2 is 1.88 bits per heavy atom. The molecule has 0 aliphatic rings. The van der Waals surface area contributed by atoms with Gasteiger partial charge in [0.05, 0.1) is 0 Å². The molecular formula is C3H4ClF3S. The smallest absolute Gasteiger partial charge is 0.160 e. The van der Waals surface area contributed by atoms with E-state index in [1.165, 1.54) is 0 Å². The highest BCUT2D eigenvalue weighted by molar-refractivity contribution is 8.00. The maximum absolute atomic E-state index is 11.1. The third kappa shape index (κ3) is 6.43. The Hall–Kier alpha value is 0.430. The third-order valence-corrected chi connectivity index (χ3v) is 1.49. The van der Waals surface area contributed by atoms with Crippen LogP contribution < -0.4 is 0 Å². The van der Waals surface area contributed by atoms with Crippen molar-refractivity contribution in [2.45, 2.75) is 5.51 Å². The quantitative estimate of drug-likeness (QED) is 0.565. The van der Waals surface area contributed by atoms with Gasteiger partial charge >= 0.3 is 5.51 Å². The summed E-state index contributed by atoms with van der Waals surface area (Å²) >= 11 is 4.89. The maximum Gasteiger partial charge on any atom is 0.441 e. The number of thioether (sulfide) groups is 1. The van der Waals surface area contributed by atoms with E-state index in [9.17, 15) is 13.2 Å². The maximum atomic E-state index is 11.1. The van der Waals surface area contributed by atoms with Crippen LogP contribution in [0.4, 0.5) is 13.2 Å². The van der Waals surface area contributed by atoms with Crippen molar-refractivity contribution in [1.29, 1.82) is 0 Å². The van der Waals surface area contributed by atoms with Crippen molar-refractivity contribution in [2.75, 3.05) is 11.6 Å². The molecule has 0 aliphatic carbocycles. The van der Waals surface area contributed by atoms with Crippen LogP contribution >= 0.6 is 23.4 Å². The molecule has 0 aromatic rings. The van der Waals surface area contributed by atoms with Crippen LogP contribution in [-0.2, 0) is 0 Å². The highest BCUT2D eigenvalue weighted by atomic mass is 35.5. The number of rotatable bonds is 2. The molecule has 0 aromatic heterocycles. The molecule has 0 unspecified atom stereocenters. The van der Waals surface area contributed by atoms with Crippen LogP contribution in [0.25, 0.3) is 0 Å². The summed E-state index contributed by atoms with van der Waals surface area (Å²) < 4.78 is 33.4. The van der Waals surface area contributed by atoms with Crippen LogP contribution in [0.5, 0.6) is 0 Å². The highest BCUT2D eigenvalue weighted by Gasteiger charge is 2.26. The van der Waals surface area contributed by atoms with E-state index >= 15 is 0 Å². The molecule has 0 atom stereocenters. The van der Waals surface area contributed by atoms with E-state index in [0.717, 1.165) is 0 Å². The van der Waals surface area contributed by atoms with Gasteiger partial charge in [-0.1, -0.05) is 0 Å². The Morgan fingerprint density at radius 3 is 2.00 bits per heavy atom. The molecule has 0 spiro atoms. The second-order valence-corrected chi connectivity index (χ2v) is 2.52. The molecule has 8 heavy (non-hydrogen) atoms. The summed E-state index contributed by atoms with van der Waals surface area (Å²) in [6, 6.07) is 0. The van der Waals surface area contributed by atoms with Gasteiger partial charge in [-0.25, -0.2) is 0 Å². The summed E-state index contributed by atoms with van der Waals surface area (Å²) in [6.45, 7) is 0. The van der Waals surface area contributed by atoms with Crippen molar-refractivity contribution in [2.24, 2.45) is 0 Å². The molecule has 5 heteroatoms. The molecular weight excluding hydrogens is 161 g/mol. The predicted molar refractivity (Wildman–Crippen MR) is 29.2 cm³/mol. The van der Waals surface area contributed by atoms with Crippen molar-refractivity contribution in [3.8, 4) is 0 Å². The number of halogens is 4. The second-order valence-electron chi connectivity index (χ2n) is 0.983. The third-order valence-electron chi connectivity index (χ3n) is 0.343. The zero-order chi connectivity index (χ0) is 6.62. The first kappa shape index (κ1) is 8.43. The molecule has 0 heterocycles. The van der Waals surface area contributed by atoms with Crippen LogP contribution in [0.2, 0.25) is 0 Å². The lowest BCUT2D eigenvalue weighted by Gasteiger charge is -2.00. The van der Waals surface area contributed by atoms with Gasteiger partial charge in [-0.3, -0.25) is 0 Å². The zero-order valence-corrected chi connectivity index (χ0v) is 5.41. The first-order chi connectivity index (χ1) is 3.56. The van der Waals surface area contributed by atoms with E-state index in [1.54, 1.807) is 0 Å². The van der Waals surface area contributed by atoms with Gasteiger partial charge in [-0.15, -0.1) is 11.6 Å². The molecule has 0 aliphatic heterocycles. The molecule has 0 aromatic carbocycles. The highest BCUT2D eigenvalue weighted by Crippen LogP contribution is 2.29. The standard InChI is InChI=1S/C3H4ClF3S/c4-1-2-8-3(5,6)7/h1-2H2. The monoisotopic (exact) mass is 164 g/mol. The molecule has 0 N–H and O–H groups in total. The Balaban J connectivity index is 3.11. The summed E-state index contributed by atoms with van der Waals surface area (Å²) in [6.07, 6.45) is 0. The fraction of sp³-hybridized carbons (Fsp3) is 1.00. The Labute approximate surface area is 54.4 Å². The molecule has 0 saturated carbocycles. The average Bonchev–Trinajstić information content (AvgIpc) is 1.59. The molecule has 0 amide bonds. The Morgan fingerprint density at radius 1 is 1.38 bits per heavy atom. The van der Waals surface area contributed by atoms with Gasteiger partial charge in [-0.2, -0.15) is 13.2 Å². The minimum absolute atomic E-state index is 0.0458. The second kappa shape index (κ2) is 3.45. The largest absolute Gasteiger partial charge is 0.441 e. The van der Waals surface area contributed by atoms with Gasteiger partial charge in [0.1, 0.15) is 0 Å². The van der Waals surface area contributed by atoms with Crippen molar-refractivity contribution in [3.63, 3.8) is 0 Å². The SMILES string of the molecule is FC(F)(F)SCCCl. The summed E-state index contributed by atoms with van der Waals surface area (Å²) in [5.74, 6) is -0.0186. The number of hydrogen-bond acceptors (Lipinski definition) is 1. The van der Waals surface area contributed by atoms with Crippen molar-refractivity contribution in [3.05, 3.63) is 0 Å². The van der Waals surface area contributed by atoms with Crippen LogP contribution in [0.1, 0.15) is 0 Å². The van der Waals surface area contributed by atoms with Crippen LogP contribution in [0.3, 0.4) is 0 Å². The first-order valence-electron chi connectivity index (χ1n) is 1.83. The van der Waals surface area contributed by atoms with Crippen LogP contribution in [0, 0.1) is 0 Å². The lowest BCUT2D eigenvalue weighted by molar-refractivity contribution is -0.0326. The minimum Gasteiger partial charge on any atom is -0.160 e. The molecule has 0 fully saturated rings. The normalized spacial score (nSPS) is 12.0. The summed E-state index contributed by atoms with van der Waals surface area (Å²) in [4.78, 5) is 0. The number of hydrogen-bond donors (Lipinski definition) is 0. The molecule has 50 valence electrons. The lowest BCUT2D eigenvalue weighted by Crippen LogP contribution is -2.01. The molecule has 0 rings (SSSR count). The van der Waals surface area contributed by atoms with Crippen molar-refractivity contribution >= 4 is 23.4 Å². The van der Waals surface area contributed by atoms with E-state index in [4.69, 9.17) is 11.6 Å². The Kier molecular flexibility index (Phi) is 3.64. The lowest BCUT2D eigenvalue weighted by atomic mass is 11.0. The van der Waals surface area contributed by atoms with Gasteiger partial charge in [0.15, 0.2) is 0 Å². The van der Waals surface area contributed by atoms with Gasteiger partial charge in [-0.05, 0) is 11.8 Å². The fourth-order valence-corrected chi connectivity index (χ4v) is 0.694. The van der Waals surface area contributed by atoms with Crippen molar-refractivity contribution in [1.82, 2.24) is 0 Å². The number of alkyl halides is 4. The average molecular weight is 165 g/mol. The van der Waals surface area contributed by atoms with Gasteiger partial charge in [0.2, 0.25) is 0 Å². The van der Waals surface area contributed by atoms with E-state index in [0.29, 0.717) is 0 Å². The fourth-order valence-electron chi connectivity index (χ4n) is 0.154. The van der Waals surface area contributed by atoms with Crippen LogP contribution in [0.15, 0.2) is 0 Å². The van der Waals surface area contributed by atoms with E-state index in [1.807, 2.05) is 0 Å². The first-order valence-corrected chi connectivity index (χ1v) is 3.35. The minimum atomic E-state index is -4.12. The van der Waals surface area contributed by atoms with Gasteiger partial charge in [0, 0.05) is 11.6 Å². The molecule has 0 saturated heterocycles. The van der Waals surface area contributed by atoms with Gasteiger partial charge < -0.3 is 0 Å². The Bertz CT molecular complexity index is 62.0. The van der Waals surface area contributed by atoms with Gasteiger partial charge in [0.25, 0.3) is 0 Å². The summed E-state index contributed by atoms with van der Waals surface area (Å²) in [7, 11) is 0. The van der Waals surface area contributed by atoms with Crippen LogP contribution in [-0.4, -0.2) is 17.1 Å². The van der Waals surface area contributed by atoms with E-state index in [2.05, 4.69) is 0 Å². The van der Waals surface area contributed by atoms with E-state index in [-0.39, 0.29) is 23.4 Å². The molecule has 0 radical (unpaired) electrons. The zero-order valence-electron chi connectivity index (χ0n) is 3.83. The molecule has 0 nitrogen and oxygen atoms in total. The summed E-state index contributed by atoms with van der Waals surface area (Å²) in [5.41, 5.74) is -4.12. The van der Waals surface area contributed by atoms with Crippen molar-refractivity contribution < 1.29 is 13.2 Å². The predicted octanol–water partition coefficient (Wildman–Crippen LogP) is 2.48.